The summed E-state index contributed by atoms with van der Waals surface area (Å²) in [7, 11) is 0. The van der Waals surface area contributed by atoms with Gasteiger partial charge in [0.15, 0.2) is 0 Å². The molecule has 0 aliphatic heterocycles. The van der Waals surface area contributed by atoms with Crippen LogP contribution in [0.5, 0.6) is 0 Å². The van der Waals surface area contributed by atoms with Gasteiger partial charge in [-0.2, -0.15) is 0 Å². The summed E-state index contributed by atoms with van der Waals surface area (Å²) in [6.45, 7) is 0.699. The molecule has 1 N–H and O–H groups in total. The number of halogens is 1. The van der Waals surface area contributed by atoms with Gasteiger partial charge in [-0.25, -0.2) is 0 Å². The van der Waals surface area contributed by atoms with Crippen molar-refractivity contribution in [1.29, 1.82) is 0 Å². The molecule has 4 heteroatoms. The predicted octanol–water partition coefficient (Wildman–Crippen LogP) is 1.44. The Morgan fingerprint density at radius 1 is 1.73 bits per heavy atom. The number of hydrogen-bond acceptors (Lipinski definition) is 2. The Hall–Kier alpha value is -0.520. The summed E-state index contributed by atoms with van der Waals surface area (Å²) in [6.07, 6.45) is 2.92. The molecule has 1 heterocycles. The summed E-state index contributed by atoms with van der Waals surface area (Å²) < 4.78 is 5.67. The second-order valence-corrected chi connectivity index (χ2v) is 3.04. The highest BCUT2D eigenvalue weighted by atomic mass is 127. The average molecular weight is 265 g/mol. The maximum Gasteiger partial charge on any atom is 0.254 e. The number of carbonyl (C=O) groups excluding carboxylic acids is 1. The zero-order valence-corrected chi connectivity index (χ0v) is 8.00. The highest BCUT2D eigenvalue weighted by Crippen LogP contribution is 1.98. The molecule has 0 aromatic carbocycles. The van der Waals surface area contributed by atoms with E-state index in [0.29, 0.717) is 12.1 Å². The Bertz CT molecular complexity index is 220. The van der Waals surface area contributed by atoms with Gasteiger partial charge in [0.05, 0.1) is 11.8 Å². The van der Waals surface area contributed by atoms with Gasteiger partial charge < -0.3 is 9.73 Å². The molecule has 1 rings (SSSR count). The van der Waals surface area contributed by atoms with Crippen molar-refractivity contribution >= 4 is 28.5 Å². The number of carbonyl (C=O) groups is 1. The Labute approximate surface area is 78.3 Å². The van der Waals surface area contributed by atoms with E-state index in [2.05, 4.69) is 27.9 Å². The third-order valence-corrected chi connectivity index (χ3v) is 1.70. The van der Waals surface area contributed by atoms with Gasteiger partial charge in [-0.1, -0.05) is 22.6 Å². The van der Waals surface area contributed by atoms with Crippen LogP contribution in [0.15, 0.2) is 23.0 Å². The molecule has 0 fully saturated rings. The molecule has 11 heavy (non-hydrogen) atoms. The molecular formula is C7H8INO2. The number of amides is 1. The highest BCUT2D eigenvalue weighted by molar-refractivity contribution is 14.1. The molecule has 0 bridgehead atoms. The second-order valence-electron chi connectivity index (χ2n) is 1.96. The van der Waals surface area contributed by atoms with Crippen molar-refractivity contribution in [2.24, 2.45) is 0 Å². The SMILES string of the molecule is O=C(NCCI)c1ccoc1. The van der Waals surface area contributed by atoms with Crippen molar-refractivity contribution < 1.29 is 9.21 Å². The van der Waals surface area contributed by atoms with Gasteiger partial charge in [0.2, 0.25) is 0 Å². The molecule has 0 aliphatic carbocycles. The minimum Gasteiger partial charge on any atom is -0.472 e. The van der Waals surface area contributed by atoms with Crippen LogP contribution in [0.4, 0.5) is 0 Å². The zero-order valence-electron chi connectivity index (χ0n) is 5.84. The monoisotopic (exact) mass is 265 g/mol. The number of hydrogen-bond donors (Lipinski definition) is 1. The average Bonchev–Trinajstić information content (AvgIpc) is 2.52. The first kappa shape index (κ1) is 8.58. The van der Waals surface area contributed by atoms with Crippen molar-refractivity contribution in [3.63, 3.8) is 0 Å². The number of rotatable bonds is 3. The molecule has 60 valence electrons. The first-order valence-corrected chi connectivity index (χ1v) is 4.73. The quantitative estimate of drug-likeness (QED) is 0.663. The third-order valence-electron chi connectivity index (χ3n) is 1.16. The fourth-order valence-electron chi connectivity index (χ4n) is 0.657. The lowest BCUT2D eigenvalue weighted by atomic mass is 10.3. The summed E-state index contributed by atoms with van der Waals surface area (Å²) in [6, 6.07) is 1.64. The molecule has 1 aromatic rings. The van der Waals surface area contributed by atoms with Crippen molar-refractivity contribution in [3.05, 3.63) is 24.2 Å². The highest BCUT2D eigenvalue weighted by Gasteiger charge is 2.03. The topological polar surface area (TPSA) is 42.2 Å². The minimum atomic E-state index is -0.0737. The first-order chi connectivity index (χ1) is 5.34. The van der Waals surface area contributed by atoms with E-state index < -0.39 is 0 Å². The van der Waals surface area contributed by atoms with Crippen LogP contribution in [0.2, 0.25) is 0 Å². The Morgan fingerprint density at radius 3 is 3.09 bits per heavy atom. The van der Waals surface area contributed by atoms with Crippen LogP contribution in [0.3, 0.4) is 0 Å². The predicted molar refractivity (Wildman–Crippen MR) is 49.9 cm³/mol. The van der Waals surface area contributed by atoms with Crippen LogP contribution in [-0.4, -0.2) is 16.9 Å². The molecule has 0 saturated heterocycles. The molecule has 1 aromatic heterocycles. The number of furan rings is 1. The van der Waals surface area contributed by atoms with Crippen LogP contribution < -0.4 is 5.32 Å². The maximum absolute atomic E-state index is 11.1. The standard InChI is InChI=1S/C7H8INO2/c8-2-3-9-7(10)6-1-4-11-5-6/h1,4-5H,2-3H2,(H,9,10). The molecule has 3 nitrogen and oxygen atoms in total. The van der Waals surface area contributed by atoms with Gasteiger partial charge in [0.25, 0.3) is 5.91 Å². The van der Waals surface area contributed by atoms with E-state index in [0.717, 1.165) is 4.43 Å². The van der Waals surface area contributed by atoms with Crippen LogP contribution >= 0.6 is 22.6 Å². The summed E-state index contributed by atoms with van der Waals surface area (Å²) in [4.78, 5) is 11.1. The number of alkyl halides is 1. The zero-order chi connectivity index (χ0) is 8.10. The van der Waals surface area contributed by atoms with E-state index in [4.69, 9.17) is 4.42 Å². The van der Waals surface area contributed by atoms with Crippen LogP contribution in [0, 0.1) is 0 Å². The van der Waals surface area contributed by atoms with Gasteiger partial charge >= 0.3 is 0 Å². The van der Waals surface area contributed by atoms with Gasteiger partial charge in [0, 0.05) is 11.0 Å². The van der Waals surface area contributed by atoms with Gasteiger partial charge in [-0.05, 0) is 6.07 Å². The van der Waals surface area contributed by atoms with E-state index >= 15 is 0 Å². The maximum atomic E-state index is 11.1. The Kier molecular flexibility index (Phi) is 3.41. The van der Waals surface area contributed by atoms with Gasteiger partial charge in [-0.3, -0.25) is 4.79 Å². The third kappa shape index (κ3) is 2.53. The van der Waals surface area contributed by atoms with Crippen LogP contribution in [-0.2, 0) is 0 Å². The molecule has 0 aliphatic rings. The summed E-state index contributed by atoms with van der Waals surface area (Å²) >= 11 is 2.20. The van der Waals surface area contributed by atoms with Crippen LogP contribution in [0.1, 0.15) is 10.4 Å². The summed E-state index contributed by atoms with van der Waals surface area (Å²) in [5.41, 5.74) is 0.579. The minimum absolute atomic E-state index is 0.0737. The van der Waals surface area contributed by atoms with Crippen molar-refractivity contribution in [2.45, 2.75) is 0 Å². The number of nitrogens with one attached hydrogen (secondary N) is 1. The fourth-order valence-corrected chi connectivity index (χ4v) is 0.926. The van der Waals surface area contributed by atoms with E-state index in [9.17, 15) is 4.79 Å². The van der Waals surface area contributed by atoms with Crippen molar-refractivity contribution in [3.8, 4) is 0 Å². The van der Waals surface area contributed by atoms with Crippen molar-refractivity contribution in [1.82, 2.24) is 5.32 Å². The Morgan fingerprint density at radius 2 is 2.55 bits per heavy atom. The molecular weight excluding hydrogens is 257 g/mol. The smallest absolute Gasteiger partial charge is 0.254 e. The van der Waals surface area contributed by atoms with Gasteiger partial charge in [-0.15, -0.1) is 0 Å². The van der Waals surface area contributed by atoms with E-state index in [1.165, 1.54) is 12.5 Å². The van der Waals surface area contributed by atoms with E-state index in [1.807, 2.05) is 0 Å². The van der Waals surface area contributed by atoms with Gasteiger partial charge in [0.1, 0.15) is 6.26 Å². The molecule has 0 spiro atoms. The molecule has 0 unspecified atom stereocenters. The first-order valence-electron chi connectivity index (χ1n) is 3.21. The van der Waals surface area contributed by atoms with Crippen LogP contribution in [0.25, 0.3) is 0 Å². The van der Waals surface area contributed by atoms with E-state index in [1.54, 1.807) is 6.07 Å². The fraction of sp³-hybridized carbons (Fsp3) is 0.286. The summed E-state index contributed by atoms with van der Waals surface area (Å²) in [5.74, 6) is -0.0737. The molecule has 0 radical (unpaired) electrons. The normalized spacial score (nSPS) is 9.55. The van der Waals surface area contributed by atoms with E-state index in [-0.39, 0.29) is 5.91 Å². The lowest BCUT2D eigenvalue weighted by Gasteiger charge is -1.97. The lowest BCUT2D eigenvalue weighted by molar-refractivity contribution is 0.0956. The van der Waals surface area contributed by atoms with Crippen molar-refractivity contribution in [2.75, 3.05) is 11.0 Å². The molecule has 0 atom stereocenters. The lowest BCUT2D eigenvalue weighted by Crippen LogP contribution is -2.24. The Balaban J connectivity index is 2.43. The molecule has 0 saturated carbocycles. The second kappa shape index (κ2) is 4.38. The summed E-state index contributed by atoms with van der Waals surface area (Å²) in [5, 5.41) is 2.73. The largest absolute Gasteiger partial charge is 0.472 e. The molecule has 1 amide bonds.